The van der Waals surface area contributed by atoms with Gasteiger partial charge < -0.3 is 10.5 Å². The van der Waals surface area contributed by atoms with Crippen LogP contribution in [0.4, 0.5) is 0 Å². The predicted octanol–water partition coefficient (Wildman–Crippen LogP) is 0.851. The van der Waals surface area contributed by atoms with Gasteiger partial charge in [-0.2, -0.15) is 0 Å². The second-order valence-corrected chi connectivity index (χ2v) is 6.79. The van der Waals surface area contributed by atoms with Crippen LogP contribution in [0.25, 0.3) is 0 Å². The van der Waals surface area contributed by atoms with E-state index in [2.05, 4.69) is 4.72 Å². The van der Waals surface area contributed by atoms with Crippen molar-refractivity contribution in [3.05, 3.63) is 0 Å². The van der Waals surface area contributed by atoms with Crippen molar-refractivity contribution in [3.8, 4) is 0 Å². The zero-order chi connectivity index (χ0) is 13.3. The summed E-state index contributed by atoms with van der Waals surface area (Å²) in [4.78, 5) is 0. The van der Waals surface area contributed by atoms with Gasteiger partial charge in [0.05, 0.1) is 12.4 Å². The predicted molar refractivity (Wildman–Crippen MR) is 72.9 cm³/mol. The van der Waals surface area contributed by atoms with Gasteiger partial charge in [-0.1, -0.05) is 19.3 Å². The van der Waals surface area contributed by atoms with Gasteiger partial charge in [0.1, 0.15) is 0 Å². The lowest BCUT2D eigenvalue weighted by atomic mass is 9.91. The number of nitrogens with two attached hydrogens (primary N) is 1. The van der Waals surface area contributed by atoms with Crippen molar-refractivity contribution in [2.75, 3.05) is 32.1 Å². The Morgan fingerprint density at radius 3 is 2.56 bits per heavy atom. The summed E-state index contributed by atoms with van der Waals surface area (Å²) in [5.74, 6) is 0.640. The van der Waals surface area contributed by atoms with Crippen molar-refractivity contribution >= 4 is 10.0 Å². The van der Waals surface area contributed by atoms with Crippen molar-refractivity contribution in [3.63, 3.8) is 0 Å². The highest BCUT2D eigenvalue weighted by atomic mass is 32.2. The minimum Gasteiger partial charge on any atom is -0.380 e. The first-order valence-corrected chi connectivity index (χ1v) is 8.54. The molecule has 0 unspecified atom stereocenters. The quantitative estimate of drug-likeness (QED) is 0.613. The number of sulfonamides is 1. The molecule has 0 amide bonds. The lowest BCUT2D eigenvalue weighted by molar-refractivity contribution is 0.140. The summed E-state index contributed by atoms with van der Waals surface area (Å²) in [6.07, 6.45) is 6.41. The summed E-state index contributed by atoms with van der Waals surface area (Å²) in [5.41, 5.74) is 5.28. The fourth-order valence-electron chi connectivity index (χ4n) is 2.31. The second-order valence-electron chi connectivity index (χ2n) is 4.93. The number of hydrogen-bond donors (Lipinski definition) is 2. The van der Waals surface area contributed by atoms with E-state index < -0.39 is 10.0 Å². The molecular formula is C12H26N2O3S. The Balaban J connectivity index is 2.11. The van der Waals surface area contributed by atoms with Gasteiger partial charge in [0.15, 0.2) is 0 Å². The van der Waals surface area contributed by atoms with E-state index in [0.717, 1.165) is 12.8 Å². The summed E-state index contributed by atoms with van der Waals surface area (Å²) < 4.78 is 31.5. The summed E-state index contributed by atoms with van der Waals surface area (Å²) in [6.45, 7) is 2.06. The number of ether oxygens (including phenoxy) is 1. The van der Waals surface area contributed by atoms with Gasteiger partial charge >= 0.3 is 0 Å². The van der Waals surface area contributed by atoms with Crippen LogP contribution in [0.3, 0.4) is 0 Å². The van der Waals surface area contributed by atoms with E-state index in [1.54, 1.807) is 0 Å². The van der Waals surface area contributed by atoms with Crippen molar-refractivity contribution in [1.82, 2.24) is 4.72 Å². The maximum absolute atomic E-state index is 11.8. The second kappa shape index (κ2) is 8.85. The van der Waals surface area contributed by atoms with Crippen molar-refractivity contribution in [2.45, 2.75) is 38.5 Å². The van der Waals surface area contributed by atoms with Gasteiger partial charge in [-0.3, -0.25) is 0 Å². The van der Waals surface area contributed by atoms with E-state index >= 15 is 0 Å². The Kier molecular flexibility index (Phi) is 7.81. The Bertz CT molecular complexity index is 300. The molecule has 3 N–H and O–H groups in total. The Morgan fingerprint density at radius 1 is 1.17 bits per heavy atom. The first kappa shape index (κ1) is 15.9. The Hall–Kier alpha value is -0.170. The first-order chi connectivity index (χ1) is 8.64. The highest BCUT2D eigenvalue weighted by Crippen LogP contribution is 2.24. The first-order valence-electron chi connectivity index (χ1n) is 6.89. The molecule has 0 aromatic carbocycles. The van der Waals surface area contributed by atoms with Crippen molar-refractivity contribution < 1.29 is 13.2 Å². The molecule has 0 bridgehead atoms. The normalized spacial score (nSPS) is 18.1. The summed E-state index contributed by atoms with van der Waals surface area (Å²) in [7, 11) is -3.10. The van der Waals surface area contributed by atoms with Crippen LogP contribution >= 0.6 is 0 Å². The van der Waals surface area contributed by atoms with Gasteiger partial charge in [0.25, 0.3) is 0 Å². The molecule has 1 aliphatic rings. The minimum absolute atomic E-state index is 0.288. The van der Waals surface area contributed by atoms with E-state index in [1.807, 2.05) is 0 Å². The molecule has 0 spiro atoms. The molecule has 0 aromatic heterocycles. The van der Waals surface area contributed by atoms with Crippen LogP contribution in [-0.4, -0.2) is 40.5 Å². The zero-order valence-electron chi connectivity index (χ0n) is 11.1. The maximum atomic E-state index is 11.8. The fourth-order valence-corrected chi connectivity index (χ4v) is 3.84. The molecule has 0 atom stereocenters. The lowest BCUT2D eigenvalue weighted by Gasteiger charge is -2.21. The van der Waals surface area contributed by atoms with Crippen LogP contribution in [0.5, 0.6) is 0 Å². The maximum Gasteiger partial charge on any atom is 0.211 e. The van der Waals surface area contributed by atoms with Gasteiger partial charge in [0, 0.05) is 19.7 Å². The van der Waals surface area contributed by atoms with Crippen LogP contribution in [0.2, 0.25) is 0 Å². The molecule has 0 heterocycles. The average molecular weight is 278 g/mol. The molecule has 1 saturated carbocycles. The molecular weight excluding hydrogens is 252 g/mol. The van der Waals surface area contributed by atoms with Crippen LogP contribution in [0, 0.1) is 5.92 Å². The molecule has 0 aliphatic heterocycles. The van der Waals surface area contributed by atoms with E-state index in [4.69, 9.17) is 10.5 Å². The average Bonchev–Trinajstić information content (AvgIpc) is 2.34. The van der Waals surface area contributed by atoms with Gasteiger partial charge in [-0.25, -0.2) is 13.1 Å². The largest absolute Gasteiger partial charge is 0.380 e. The monoisotopic (exact) mass is 278 g/mol. The zero-order valence-corrected chi connectivity index (χ0v) is 11.9. The van der Waals surface area contributed by atoms with Gasteiger partial charge in [0.2, 0.25) is 10.0 Å². The molecule has 5 nitrogen and oxygen atoms in total. The van der Waals surface area contributed by atoms with E-state index in [-0.39, 0.29) is 5.75 Å². The highest BCUT2D eigenvalue weighted by molar-refractivity contribution is 7.89. The molecule has 18 heavy (non-hydrogen) atoms. The minimum atomic E-state index is -3.10. The molecule has 6 heteroatoms. The lowest BCUT2D eigenvalue weighted by Crippen LogP contribution is -2.31. The third-order valence-electron chi connectivity index (χ3n) is 3.23. The standard InChI is InChI=1S/C12H26N2O3S/c13-7-10-17-9-4-8-14-18(15,16)11-12-5-2-1-3-6-12/h12,14H,1-11,13H2. The fraction of sp³-hybridized carbons (Fsp3) is 1.00. The SMILES string of the molecule is NCCOCCCNS(=O)(=O)CC1CCCCC1. The summed E-state index contributed by atoms with van der Waals surface area (Å²) >= 11 is 0. The van der Waals surface area contributed by atoms with Crippen LogP contribution in [-0.2, 0) is 14.8 Å². The van der Waals surface area contributed by atoms with Gasteiger partial charge in [-0.15, -0.1) is 0 Å². The van der Waals surface area contributed by atoms with Crippen molar-refractivity contribution in [2.24, 2.45) is 11.7 Å². The van der Waals surface area contributed by atoms with Crippen LogP contribution < -0.4 is 10.5 Å². The Morgan fingerprint density at radius 2 is 1.89 bits per heavy atom. The summed E-state index contributed by atoms with van der Waals surface area (Å²) in [5, 5.41) is 0. The van der Waals surface area contributed by atoms with Crippen LogP contribution in [0.1, 0.15) is 38.5 Å². The molecule has 1 fully saturated rings. The summed E-state index contributed by atoms with van der Waals surface area (Å²) in [6, 6.07) is 0. The third kappa shape index (κ3) is 7.31. The highest BCUT2D eigenvalue weighted by Gasteiger charge is 2.20. The van der Waals surface area contributed by atoms with E-state index in [1.165, 1.54) is 19.3 Å². The molecule has 0 radical (unpaired) electrons. The molecule has 0 saturated heterocycles. The third-order valence-corrected chi connectivity index (χ3v) is 4.78. The Labute approximate surface area is 111 Å². The van der Waals surface area contributed by atoms with Crippen molar-refractivity contribution in [1.29, 1.82) is 0 Å². The number of nitrogens with one attached hydrogen (secondary N) is 1. The molecule has 108 valence electrons. The molecule has 1 rings (SSSR count). The van der Waals surface area contributed by atoms with E-state index in [0.29, 0.717) is 38.6 Å². The topological polar surface area (TPSA) is 81.4 Å². The molecule has 1 aliphatic carbocycles. The number of rotatable bonds is 9. The van der Waals surface area contributed by atoms with Gasteiger partial charge in [-0.05, 0) is 25.2 Å². The number of hydrogen-bond acceptors (Lipinski definition) is 4. The van der Waals surface area contributed by atoms with Crippen LogP contribution in [0.15, 0.2) is 0 Å². The smallest absolute Gasteiger partial charge is 0.211 e. The van der Waals surface area contributed by atoms with E-state index in [9.17, 15) is 8.42 Å². The molecule has 0 aromatic rings.